The number of hydrogen-bond donors (Lipinski definition) is 1. The maximum atomic E-state index is 11.2. The summed E-state index contributed by atoms with van der Waals surface area (Å²) in [6.07, 6.45) is 0. The van der Waals surface area contributed by atoms with E-state index in [1.165, 1.54) is 5.69 Å². The van der Waals surface area contributed by atoms with Gasteiger partial charge in [0.2, 0.25) is 0 Å². The summed E-state index contributed by atoms with van der Waals surface area (Å²) in [5.41, 5.74) is 2.35. The average Bonchev–Trinajstić information content (AvgIpc) is 2.63. The van der Waals surface area contributed by atoms with Crippen LogP contribution in [0, 0.1) is 0 Å². The summed E-state index contributed by atoms with van der Waals surface area (Å²) in [6, 6.07) is 7.48. The third-order valence-electron chi connectivity index (χ3n) is 2.84. The van der Waals surface area contributed by atoms with Crippen molar-refractivity contribution in [1.82, 2.24) is 4.57 Å². The van der Waals surface area contributed by atoms with E-state index in [1.807, 2.05) is 29.4 Å². The molecule has 2 aromatic rings. The number of nitrogens with zero attached hydrogens (tertiary/aromatic N) is 1. The van der Waals surface area contributed by atoms with Crippen molar-refractivity contribution in [1.29, 1.82) is 0 Å². The highest BCUT2D eigenvalue weighted by molar-refractivity contribution is 7.98. The molecule has 1 N–H and O–H groups in total. The van der Waals surface area contributed by atoms with Crippen LogP contribution in [0.3, 0.4) is 0 Å². The number of para-hydroxylation sites is 1. The Bertz CT molecular complexity index is 560. The van der Waals surface area contributed by atoms with Crippen LogP contribution in [0.15, 0.2) is 24.3 Å². The SMILES string of the molecule is CCSCc1cc2cccc(C(=O)O)c2n1C. The third-order valence-corrected chi connectivity index (χ3v) is 3.75. The van der Waals surface area contributed by atoms with Crippen molar-refractivity contribution in [3.63, 3.8) is 0 Å². The zero-order valence-electron chi connectivity index (χ0n) is 9.93. The van der Waals surface area contributed by atoms with Crippen LogP contribution in [0.5, 0.6) is 0 Å². The normalized spacial score (nSPS) is 10.9. The molecule has 17 heavy (non-hydrogen) atoms. The molecular formula is C13H15NO2S. The summed E-state index contributed by atoms with van der Waals surface area (Å²) in [5.74, 6) is 1.11. The zero-order chi connectivity index (χ0) is 12.4. The minimum absolute atomic E-state index is 0.373. The van der Waals surface area contributed by atoms with E-state index < -0.39 is 5.97 Å². The van der Waals surface area contributed by atoms with Crippen LogP contribution < -0.4 is 0 Å². The number of aromatic nitrogens is 1. The predicted octanol–water partition coefficient (Wildman–Crippen LogP) is 3.13. The summed E-state index contributed by atoms with van der Waals surface area (Å²) in [7, 11) is 1.93. The smallest absolute Gasteiger partial charge is 0.337 e. The van der Waals surface area contributed by atoms with E-state index in [-0.39, 0.29) is 0 Å². The summed E-state index contributed by atoms with van der Waals surface area (Å²) >= 11 is 1.84. The maximum Gasteiger partial charge on any atom is 0.337 e. The highest BCUT2D eigenvalue weighted by atomic mass is 32.2. The number of benzene rings is 1. The molecule has 0 atom stereocenters. The molecule has 4 heteroatoms. The molecule has 0 bridgehead atoms. The van der Waals surface area contributed by atoms with E-state index >= 15 is 0 Å². The Kier molecular flexibility index (Phi) is 3.43. The molecule has 0 fully saturated rings. The molecule has 0 radical (unpaired) electrons. The highest BCUT2D eigenvalue weighted by Gasteiger charge is 2.13. The second-order valence-corrected chi connectivity index (χ2v) is 5.15. The monoisotopic (exact) mass is 249 g/mol. The van der Waals surface area contributed by atoms with E-state index in [0.29, 0.717) is 5.56 Å². The lowest BCUT2D eigenvalue weighted by Crippen LogP contribution is -2.02. The van der Waals surface area contributed by atoms with E-state index in [9.17, 15) is 9.90 Å². The second kappa shape index (κ2) is 4.84. The van der Waals surface area contributed by atoms with Crippen LogP contribution in [0.1, 0.15) is 23.0 Å². The van der Waals surface area contributed by atoms with Crippen molar-refractivity contribution in [2.75, 3.05) is 5.75 Å². The average molecular weight is 249 g/mol. The van der Waals surface area contributed by atoms with E-state index in [2.05, 4.69) is 13.0 Å². The van der Waals surface area contributed by atoms with Crippen LogP contribution in [0.4, 0.5) is 0 Å². The molecular weight excluding hydrogens is 234 g/mol. The van der Waals surface area contributed by atoms with Crippen molar-refractivity contribution >= 4 is 28.6 Å². The van der Waals surface area contributed by atoms with Gasteiger partial charge in [-0.2, -0.15) is 11.8 Å². The van der Waals surface area contributed by atoms with Gasteiger partial charge in [0.25, 0.3) is 0 Å². The molecule has 2 rings (SSSR count). The van der Waals surface area contributed by atoms with Crippen LogP contribution >= 0.6 is 11.8 Å². The molecule has 0 unspecified atom stereocenters. The number of carboxylic acids is 1. The topological polar surface area (TPSA) is 42.2 Å². The van der Waals surface area contributed by atoms with E-state index in [4.69, 9.17) is 0 Å². The van der Waals surface area contributed by atoms with Gasteiger partial charge in [-0.15, -0.1) is 0 Å². The largest absolute Gasteiger partial charge is 0.478 e. The first-order valence-electron chi connectivity index (χ1n) is 5.53. The molecule has 90 valence electrons. The van der Waals surface area contributed by atoms with Gasteiger partial charge < -0.3 is 9.67 Å². The molecule has 1 aromatic carbocycles. The third kappa shape index (κ3) is 2.17. The van der Waals surface area contributed by atoms with Crippen molar-refractivity contribution in [2.45, 2.75) is 12.7 Å². The van der Waals surface area contributed by atoms with Gasteiger partial charge in [-0.25, -0.2) is 4.79 Å². The van der Waals surface area contributed by atoms with Crippen LogP contribution in [-0.4, -0.2) is 21.4 Å². The minimum Gasteiger partial charge on any atom is -0.478 e. The molecule has 1 heterocycles. The second-order valence-electron chi connectivity index (χ2n) is 3.88. The Morgan fingerprint density at radius 3 is 2.88 bits per heavy atom. The fraction of sp³-hybridized carbons (Fsp3) is 0.308. The van der Waals surface area contributed by atoms with Gasteiger partial charge in [-0.05, 0) is 17.9 Å². The van der Waals surface area contributed by atoms with Crippen LogP contribution in [0.25, 0.3) is 10.9 Å². The number of carbonyl (C=O) groups is 1. The predicted molar refractivity (Wildman–Crippen MR) is 71.7 cm³/mol. The lowest BCUT2D eigenvalue weighted by Gasteiger charge is -2.05. The van der Waals surface area contributed by atoms with Crippen molar-refractivity contribution in [2.24, 2.45) is 7.05 Å². The summed E-state index contributed by atoms with van der Waals surface area (Å²) < 4.78 is 1.99. The molecule has 0 saturated carbocycles. The van der Waals surface area contributed by atoms with Gasteiger partial charge in [-0.3, -0.25) is 0 Å². The number of carboxylic acid groups (broad SMARTS) is 1. The van der Waals surface area contributed by atoms with Crippen molar-refractivity contribution in [3.8, 4) is 0 Å². The number of fused-ring (bicyclic) bond motifs is 1. The molecule has 0 amide bonds. The van der Waals surface area contributed by atoms with Crippen LogP contribution in [-0.2, 0) is 12.8 Å². The lowest BCUT2D eigenvalue weighted by atomic mass is 10.1. The number of hydrogen-bond acceptors (Lipinski definition) is 2. The Hall–Kier alpha value is -1.42. The molecule has 0 aliphatic carbocycles. The molecule has 0 saturated heterocycles. The molecule has 1 aromatic heterocycles. The van der Waals surface area contributed by atoms with Crippen LogP contribution in [0.2, 0.25) is 0 Å². The first kappa shape index (κ1) is 12.0. The van der Waals surface area contributed by atoms with Gasteiger partial charge in [0, 0.05) is 23.9 Å². The highest BCUT2D eigenvalue weighted by Crippen LogP contribution is 2.25. The summed E-state index contributed by atoms with van der Waals surface area (Å²) in [6.45, 7) is 2.12. The van der Waals surface area contributed by atoms with E-state index in [1.54, 1.807) is 12.1 Å². The first-order valence-corrected chi connectivity index (χ1v) is 6.69. The number of thioether (sulfide) groups is 1. The van der Waals surface area contributed by atoms with Gasteiger partial charge in [-0.1, -0.05) is 19.1 Å². The zero-order valence-corrected chi connectivity index (χ0v) is 10.8. The Labute approximate surface area is 104 Å². The van der Waals surface area contributed by atoms with E-state index in [0.717, 1.165) is 22.4 Å². The number of aryl methyl sites for hydroxylation is 1. The number of rotatable bonds is 4. The molecule has 0 aliphatic rings. The van der Waals surface area contributed by atoms with Gasteiger partial charge in [0.15, 0.2) is 0 Å². The molecule has 0 aliphatic heterocycles. The van der Waals surface area contributed by atoms with Gasteiger partial charge in [0.1, 0.15) is 0 Å². The Balaban J connectivity index is 2.57. The Morgan fingerprint density at radius 2 is 2.24 bits per heavy atom. The summed E-state index contributed by atoms with van der Waals surface area (Å²) in [5, 5.41) is 10.2. The first-order chi connectivity index (χ1) is 8.15. The Morgan fingerprint density at radius 1 is 1.47 bits per heavy atom. The fourth-order valence-electron chi connectivity index (χ4n) is 1.99. The van der Waals surface area contributed by atoms with Crippen molar-refractivity contribution in [3.05, 3.63) is 35.5 Å². The maximum absolute atomic E-state index is 11.2. The number of aromatic carboxylic acids is 1. The van der Waals surface area contributed by atoms with Gasteiger partial charge >= 0.3 is 5.97 Å². The van der Waals surface area contributed by atoms with Crippen molar-refractivity contribution < 1.29 is 9.90 Å². The van der Waals surface area contributed by atoms with Gasteiger partial charge in [0.05, 0.1) is 11.1 Å². The standard InChI is InChI=1S/C13H15NO2S/c1-3-17-8-10-7-9-5-4-6-11(13(15)16)12(9)14(10)2/h4-7H,3,8H2,1-2H3,(H,15,16). The quantitative estimate of drug-likeness (QED) is 0.905. The summed E-state index contributed by atoms with van der Waals surface area (Å²) in [4.78, 5) is 11.2. The molecule has 3 nitrogen and oxygen atoms in total. The molecule has 0 spiro atoms. The minimum atomic E-state index is -0.869. The lowest BCUT2D eigenvalue weighted by molar-refractivity contribution is 0.0698. The fourth-order valence-corrected chi connectivity index (χ4v) is 2.68.